The number of fused-ring (bicyclic) bond motifs is 1. The smallest absolute Gasteiger partial charge is 0.126 e. The van der Waals surface area contributed by atoms with E-state index in [1.54, 1.807) is 19.1 Å². The average molecular weight is 280 g/mol. The minimum absolute atomic E-state index is 0.166. The summed E-state index contributed by atoms with van der Waals surface area (Å²) in [7, 11) is 0. The number of hydrogen-bond acceptors (Lipinski definition) is 2. The van der Waals surface area contributed by atoms with E-state index < -0.39 is 0 Å². The molecule has 3 aromatic rings. The van der Waals surface area contributed by atoms with E-state index in [4.69, 9.17) is 0 Å². The Hall–Kier alpha value is -2.42. The topological polar surface area (TPSA) is 24.9 Å². The zero-order valence-corrected chi connectivity index (χ0v) is 12.2. The van der Waals surface area contributed by atoms with Crippen molar-refractivity contribution in [3.63, 3.8) is 0 Å². The van der Waals surface area contributed by atoms with E-state index >= 15 is 0 Å². The van der Waals surface area contributed by atoms with E-state index in [1.165, 1.54) is 0 Å². The van der Waals surface area contributed by atoms with Gasteiger partial charge in [0.15, 0.2) is 0 Å². The highest BCUT2D eigenvalue weighted by atomic mass is 19.1. The molecule has 0 unspecified atom stereocenters. The number of benzene rings is 2. The second kappa shape index (κ2) is 5.52. The van der Waals surface area contributed by atoms with Gasteiger partial charge in [-0.25, -0.2) is 4.39 Å². The number of halogens is 1. The van der Waals surface area contributed by atoms with Crippen LogP contribution < -0.4 is 5.32 Å². The highest BCUT2D eigenvalue weighted by Gasteiger charge is 2.04. The third-order valence-corrected chi connectivity index (χ3v) is 3.58. The van der Waals surface area contributed by atoms with E-state index in [2.05, 4.69) is 16.4 Å². The number of nitrogens with one attached hydrogen (secondary N) is 1. The van der Waals surface area contributed by atoms with Gasteiger partial charge in [0.25, 0.3) is 0 Å². The predicted octanol–water partition coefficient (Wildman–Crippen LogP) is 4.60. The molecule has 2 nitrogen and oxygen atoms in total. The standard InChI is InChI=1S/C18H17FN2/c1-12-6-8-14(10-16(12)19)11-20-17-5-3-4-15-9-7-13(2)21-18(15)17/h3-10,20H,11H2,1-2H3. The molecule has 0 atom stereocenters. The molecule has 21 heavy (non-hydrogen) atoms. The summed E-state index contributed by atoms with van der Waals surface area (Å²) in [6, 6.07) is 15.4. The molecule has 0 aliphatic rings. The van der Waals surface area contributed by atoms with Gasteiger partial charge in [-0.05, 0) is 43.2 Å². The number of nitrogens with zero attached hydrogens (tertiary/aromatic N) is 1. The van der Waals surface area contributed by atoms with Crippen LogP contribution in [-0.2, 0) is 6.54 Å². The first-order valence-corrected chi connectivity index (χ1v) is 6.99. The molecule has 0 spiro atoms. The van der Waals surface area contributed by atoms with E-state index in [1.807, 2.05) is 37.3 Å². The Balaban J connectivity index is 1.88. The Kier molecular flexibility index (Phi) is 3.57. The van der Waals surface area contributed by atoms with Gasteiger partial charge in [0.2, 0.25) is 0 Å². The van der Waals surface area contributed by atoms with Gasteiger partial charge in [-0.2, -0.15) is 0 Å². The lowest BCUT2D eigenvalue weighted by Gasteiger charge is -2.10. The molecule has 1 heterocycles. The molecule has 0 amide bonds. The summed E-state index contributed by atoms with van der Waals surface area (Å²) in [4.78, 5) is 4.58. The second-order valence-corrected chi connectivity index (χ2v) is 5.27. The lowest BCUT2D eigenvalue weighted by Crippen LogP contribution is -2.01. The van der Waals surface area contributed by atoms with Gasteiger partial charge in [-0.15, -0.1) is 0 Å². The second-order valence-electron chi connectivity index (χ2n) is 5.27. The summed E-state index contributed by atoms with van der Waals surface area (Å²) in [5.41, 5.74) is 4.49. The van der Waals surface area contributed by atoms with Crippen LogP contribution in [0.3, 0.4) is 0 Å². The monoisotopic (exact) mass is 280 g/mol. The minimum Gasteiger partial charge on any atom is -0.379 e. The third kappa shape index (κ3) is 2.87. The first kappa shape index (κ1) is 13.6. The van der Waals surface area contributed by atoms with Crippen LogP contribution in [-0.4, -0.2) is 4.98 Å². The first-order chi connectivity index (χ1) is 10.1. The number of anilines is 1. The Labute approximate surface area is 123 Å². The lowest BCUT2D eigenvalue weighted by molar-refractivity contribution is 0.616. The fourth-order valence-corrected chi connectivity index (χ4v) is 2.33. The van der Waals surface area contributed by atoms with Gasteiger partial charge in [0, 0.05) is 17.6 Å². The number of pyridine rings is 1. The van der Waals surface area contributed by atoms with Crippen molar-refractivity contribution in [1.29, 1.82) is 0 Å². The molecule has 0 radical (unpaired) electrons. The van der Waals surface area contributed by atoms with Gasteiger partial charge in [0.1, 0.15) is 5.82 Å². The zero-order chi connectivity index (χ0) is 14.8. The van der Waals surface area contributed by atoms with Crippen molar-refractivity contribution in [3.8, 4) is 0 Å². The molecular weight excluding hydrogens is 263 g/mol. The summed E-state index contributed by atoms with van der Waals surface area (Å²) in [5.74, 6) is -0.166. The lowest BCUT2D eigenvalue weighted by atomic mass is 10.1. The van der Waals surface area contributed by atoms with Crippen molar-refractivity contribution in [1.82, 2.24) is 4.98 Å². The highest BCUT2D eigenvalue weighted by molar-refractivity contribution is 5.90. The van der Waals surface area contributed by atoms with Crippen molar-refractivity contribution in [2.75, 3.05) is 5.32 Å². The van der Waals surface area contributed by atoms with Crippen molar-refractivity contribution in [3.05, 3.63) is 71.2 Å². The molecule has 106 valence electrons. The molecule has 0 saturated heterocycles. The van der Waals surface area contributed by atoms with Gasteiger partial charge in [-0.1, -0.05) is 30.3 Å². The minimum atomic E-state index is -0.166. The average Bonchev–Trinajstić information content (AvgIpc) is 2.48. The van der Waals surface area contributed by atoms with Crippen LogP contribution in [0, 0.1) is 19.7 Å². The van der Waals surface area contributed by atoms with E-state index in [9.17, 15) is 4.39 Å². The van der Waals surface area contributed by atoms with Crippen molar-refractivity contribution < 1.29 is 4.39 Å². The first-order valence-electron chi connectivity index (χ1n) is 6.99. The van der Waals surface area contributed by atoms with Crippen LogP contribution in [0.15, 0.2) is 48.5 Å². The largest absolute Gasteiger partial charge is 0.379 e. The van der Waals surface area contributed by atoms with Gasteiger partial charge in [-0.3, -0.25) is 4.98 Å². The number of aromatic nitrogens is 1. The quantitative estimate of drug-likeness (QED) is 0.758. The molecule has 0 saturated carbocycles. The van der Waals surface area contributed by atoms with E-state index in [-0.39, 0.29) is 5.82 Å². The van der Waals surface area contributed by atoms with Crippen LogP contribution in [0.5, 0.6) is 0 Å². The molecule has 3 heteroatoms. The van der Waals surface area contributed by atoms with Crippen molar-refractivity contribution >= 4 is 16.6 Å². The summed E-state index contributed by atoms with van der Waals surface area (Å²) >= 11 is 0. The van der Waals surface area contributed by atoms with Crippen molar-refractivity contribution in [2.45, 2.75) is 20.4 Å². The van der Waals surface area contributed by atoms with Crippen LogP contribution in [0.25, 0.3) is 10.9 Å². The SMILES string of the molecule is Cc1ccc2cccc(NCc3ccc(C)c(F)c3)c2n1. The molecule has 0 aliphatic heterocycles. The van der Waals surface area contributed by atoms with E-state index in [0.29, 0.717) is 12.1 Å². The molecule has 0 bridgehead atoms. The highest BCUT2D eigenvalue weighted by Crippen LogP contribution is 2.22. The van der Waals surface area contributed by atoms with Gasteiger partial charge in [0.05, 0.1) is 11.2 Å². The number of rotatable bonds is 3. The molecule has 1 aromatic heterocycles. The molecule has 1 N–H and O–H groups in total. The summed E-state index contributed by atoms with van der Waals surface area (Å²) < 4.78 is 13.6. The fraction of sp³-hybridized carbons (Fsp3) is 0.167. The normalized spacial score (nSPS) is 10.8. The predicted molar refractivity (Wildman–Crippen MR) is 84.9 cm³/mol. The summed E-state index contributed by atoms with van der Waals surface area (Å²) in [5, 5.41) is 4.45. The number of hydrogen-bond donors (Lipinski definition) is 1. The van der Waals surface area contributed by atoms with Crippen molar-refractivity contribution in [2.24, 2.45) is 0 Å². The third-order valence-electron chi connectivity index (χ3n) is 3.58. The van der Waals surface area contributed by atoms with Crippen LogP contribution in [0.2, 0.25) is 0 Å². The van der Waals surface area contributed by atoms with Gasteiger partial charge < -0.3 is 5.32 Å². The Bertz CT molecular complexity index is 796. The summed E-state index contributed by atoms with van der Waals surface area (Å²) in [6.45, 7) is 4.32. The van der Waals surface area contributed by atoms with Gasteiger partial charge >= 0.3 is 0 Å². The fourth-order valence-electron chi connectivity index (χ4n) is 2.33. The zero-order valence-electron chi connectivity index (χ0n) is 12.2. The molecule has 2 aromatic carbocycles. The van der Waals surface area contributed by atoms with Crippen LogP contribution in [0.1, 0.15) is 16.8 Å². The maximum Gasteiger partial charge on any atom is 0.126 e. The molecule has 0 fully saturated rings. The Morgan fingerprint density at radius 3 is 2.71 bits per heavy atom. The summed E-state index contributed by atoms with van der Waals surface area (Å²) in [6.07, 6.45) is 0. The van der Waals surface area contributed by atoms with Crippen LogP contribution >= 0.6 is 0 Å². The Morgan fingerprint density at radius 1 is 1.05 bits per heavy atom. The maximum atomic E-state index is 13.6. The molecule has 3 rings (SSSR count). The Morgan fingerprint density at radius 2 is 1.90 bits per heavy atom. The molecule has 0 aliphatic carbocycles. The number of aryl methyl sites for hydroxylation is 2. The molecular formula is C18H17FN2. The van der Waals surface area contributed by atoms with Crippen LogP contribution in [0.4, 0.5) is 10.1 Å². The van der Waals surface area contributed by atoms with E-state index in [0.717, 1.165) is 27.8 Å². The number of para-hydroxylation sites is 1. The maximum absolute atomic E-state index is 13.6.